The van der Waals surface area contributed by atoms with Crippen LogP contribution in [0.1, 0.15) is 10.4 Å². The zero-order valence-corrected chi connectivity index (χ0v) is 14.3. The smallest absolute Gasteiger partial charge is 0.259 e. The number of aromatic nitrogens is 2. The molecule has 0 atom stereocenters. The summed E-state index contributed by atoms with van der Waals surface area (Å²) in [5, 5.41) is 10.9. The molecular formula is C11H8BrClN4O2S2. The molecule has 0 fully saturated rings. The summed E-state index contributed by atoms with van der Waals surface area (Å²) in [6.45, 7) is 0. The van der Waals surface area contributed by atoms with Crippen molar-refractivity contribution in [1.29, 1.82) is 0 Å². The molecule has 0 saturated carbocycles. The van der Waals surface area contributed by atoms with Gasteiger partial charge in [-0.1, -0.05) is 50.6 Å². The monoisotopic (exact) mass is 406 g/mol. The van der Waals surface area contributed by atoms with Crippen LogP contribution in [0.5, 0.6) is 0 Å². The van der Waals surface area contributed by atoms with E-state index in [1.165, 1.54) is 0 Å². The molecule has 0 aliphatic heterocycles. The topological polar surface area (TPSA) is 98.0 Å². The Morgan fingerprint density at radius 1 is 1.43 bits per heavy atom. The highest BCUT2D eigenvalue weighted by Crippen LogP contribution is 2.27. The molecule has 2 amide bonds. The van der Waals surface area contributed by atoms with Gasteiger partial charge in [0.1, 0.15) is 0 Å². The predicted octanol–water partition coefficient (Wildman–Crippen LogP) is 2.78. The molecule has 21 heavy (non-hydrogen) atoms. The van der Waals surface area contributed by atoms with Crippen molar-refractivity contribution in [2.75, 3.05) is 11.1 Å². The zero-order valence-electron chi connectivity index (χ0n) is 10.3. The van der Waals surface area contributed by atoms with Gasteiger partial charge in [0.25, 0.3) is 5.91 Å². The van der Waals surface area contributed by atoms with E-state index in [9.17, 15) is 9.59 Å². The molecule has 0 unspecified atom stereocenters. The maximum absolute atomic E-state index is 12.1. The second-order valence-electron chi connectivity index (χ2n) is 3.71. The molecule has 0 aliphatic carbocycles. The van der Waals surface area contributed by atoms with Gasteiger partial charge in [-0.15, -0.1) is 10.2 Å². The van der Waals surface area contributed by atoms with Gasteiger partial charge in [0.15, 0.2) is 4.34 Å². The molecule has 0 aliphatic rings. The number of nitrogens with one attached hydrogen (secondary N) is 1. The van der Waals surface area contributed by atoms with Gasteiger partial charge in [-0.25, -0.2) is 0 Å². The number of nitrogens with zero attached hydrogens (tertiary/aromatic N) is 2. The molecule has 2 aromatic rings. The summed E-state index contributed by atoms with van der Waals surface area (Å²) in [5.41, 5.74) is 5.37. The summed E-state index contributed by atoms with van der Waals surface area (Å²) in [4.78, 5) is 22.8. The first kappa shape index (κ1) is 16.2. The van der Waals surface area contributed by atoms with Crippen LogP contribution in [0.2, 0.25) is 5.02 Å². The SMILES string of the molecule is NC(=O)CSc1nnc(NC(=O)c2cc(Br)ccc2Cl)s1. The number of hydrogen-bond acceptors (Lipinski definition) is 6. The molecule has 10 heteroatoms. The number of benzene rings is 1. The van der Waals surface area contributed by atoms with Crippen LogP contribution >= 0.6 is 50.6 Å². The number of amides is 2. The van der Waals surface area contributed by atoms with Gasteiger partial charge < -0.3 is 5.73 Å². The summed E-state index contributed by atoms with van der Waals surface area (Å²) in [7, 11) is 0. The first-order valence-electron chi connectivity index (χ1n) is 5.46. The van der Waals surface area contributed by atoms with Gasteiger partial charge in [0.2, 0.25) is 11.0 Å². The lowest BCUT2D eigenvalue weighted by Crippen LogP contribution is -2.12. The Kier molecular flexibility index (Phi) is 5.57. The van der Waals surface area contributed by atoms with Gasteiger partial charge >= 0.3 is 0 Å². The van der Waals surface area contributed by atoms with Crippen LogP contribution in [0, 0.1) is 0 Å². The predicted molar refractivity (Wildman–Crippen MR) is 86.9 cm³/mol. The van der Waals surface area contributed by atoms with Crippen LogP contribution in [0.4, 0.5) is 5.13 Å². The quantitative estimate of drug-likeness (QED) is 0.586. The lowest BCUT2D eigenvalue weighted by atomic mass is 10.2. The molecule has 3 N–H and O–H groups in total. The van der Waals surface area contributed by atoms with E-state index >= 15 is 0 Å². The Labute approximate surface area is 141 Å². The second kappa shape index (κ2) is 7.21. The van der Waals surface area contributed by atoms with Crippen LogP contribution in [0.15, 0.2) is 27.0 Å². The largest absolute Gasteiger partial charge is 0.369 e. The van der Waals surface area contributed by atoms with Crippen molar-refractivity contribution in [3.8, 4) is 0 Å². The van der Waals surface area contributed by atoms with E-state index in [4.69, 9.17) is 17.3 Å². The average molecular weight is 408 g/mol. The minimum Gasteiger partial charge on any atom is -0.369 e. The third kappa shape index (κ3) is 4.67. The van der Waals surface area contributed by atoms with Crippen molar-refractivity contribution in [3.63, 3.8) is 0 Å². The molecule has 110 valence electrons. The Balaban J connectivity index is 2.06. The van der Waals surface area contributed by atoms with E-state index in [1.54, 1.807) is 18.2 Å². The highest BCUT2D eigenvalue weighted by atomic mass is 79.9. The van der Waals surface area contributed by atoms with Gasteiger partial charge in [0.05, 0.1) is 16.3 Å². The van der Waals surface area contributed by atoms with Crippen LogP contribution in [-0.4, -0.2) is 27.8 Å². The standard InChI is InChI=1S/C11H8BrClN4O2S2/c12-5-1-2-7(13)6(3-5)9(19)15-10-16-17-11(21-10)20-4-8(14)18/h1-3H,4H2,(H2,14,18)(H,15,16,19). The molecular weight excluding hydrogens is 400 g/mol. The number of hydrogen-bond donors (Lipinski definition) is 2. The first-order chi connectivity index (χ1) is 9.95. The van der Waals surface area contributed by atoms with E-state index in [2.05, 4.69) is 31.4 Å². The summed E-state index contributed by atoms with van der Waals surface area (Å²) >= 11 is 11.6. The van der Waals surface area contributed by atoms with Gasteiger partial charge in [0, 0.05) is 4.47 Å². The third-order valence-corrected chi connectivity index (χ3v) is 4.96. The highest BCUT2D eigenvalue weighted by Gasteiger charge is 2.14. The van der Waals surface area contributed by atoms with Crippen LogP contribution < -0.4 is 11.1 Å². The summed E-state index contributed by atoms with van der Waals surface area (Å²) < 4.78 is 1.29. The molecule has 0 saturated heterocycles. The summed E-state index contributed by atoms with van der Waals surface area (Å²) in [6.07, 6.45) is 0. The molecule has 2 rings (SSSR count). The maximum atomic E-state index is 12.1. The lowest BCUT2D eigenvalue weighted by Gasteiger charge is -2.04. The highest BCUT2D eigenvalue weighted by molar-refractivity contribution is 9.10. The van der Waals surface area contributed by atoms with Crippen molar-refractivity contribution in [2.24, 2.45) is 5.73 Å². The minimum atomic E-state index is -0.443. The summed E-state index contributed by atoms with van der Waals surface area (Å²) in [5.74, 6) is -0.717. The summed E-state index contributed by atoms with van der Waals surface area (Å²) in [6, 6.07) is 4.97. The number of halogens is 2. The van der Waals surface area contributed by atoms with Crippen molar-refractivity contribution in [1.82, 2.24) is 10.2 Å². The van der Waals surface area contributed by atoms with Gasteiger partial charge in [-0.05, 0) is 18.2 Å². The number of anilines is 1. The number of carbonyl (C=O) groups excluding carboxylic acids is 2. The molecule has 0 spiro atoms. The van der Waals surface area contributed by atoms with Crippen molar-refractivity contribution < 1.29 is 9.59 Å². The number of nitrogens with two attached hydrogens (primary N) is 1. The van der Waals surface area contributed by atoms with Crippen molar-refractivity contribution >= 4 is 67.6 Å². The fraction of sp³-hybridized carbons (Fsp3) is 0.0909. The van der Waals surface area contributed by atoms with Crippen LogP contribution in [-0.2, 0) is 4.79 Å². The Hall–Kier alpha value is -1.16. The second-order valence-corrected chi connectivity index (χ2v) is 7.23. The first-order valence-corrected chi connectivity index (χ1v) is 8.44. The molecule has 1 aromatic heterocycles. The molecule has 0 bridgehead atoms. The zero-order chi connectivity index (χ0) is 15.4. The normalized spacial score (nSPS) is 10.4. The fourth-order valence-electron chi connectivity index (χ4n) is 1.29. The molecule has 0 radical (unpaired) electrons. The van der Waals surface area contributed by atoms with Crippen molar-refractivity contribution in [3.05, 3.63) is 33.3 Å². The number of thioether (sulfide) groups is 1. The Bertz CT molecular complexity index is 695. The average Bonchev–Trinajstić information content (AvgIpc) is 2.86. The van der Waals surface area contributed by atoms with E-state index in [0.29, 0.717) is 20.1 Å². The molecule has 6 nitrogen and oxygen atoms in total. The third-order valence-electron chi connectivity index (χ3n) is 2.14. The maximum Gasteiger partial charge on any atom is 0.259 e. The Morgan fingerprint density at radius 2 is 2.19 bits per heavy atom. The molecule has 1 heterocycles. The van der Waals surface area contributed by atoms with E-state index in [-0.39, 0.29) is 11.7 Å². The number of rotatable bonds is 5. The fourth-order valence-corrected chi connectivity index (χ4v) is 3.34. The van der Waals surface area contributed by atoms with E-state index in [0.717, 1.165) is 27.6 Å². The molecule has 1 aromatic carbocycles. The van der Waals surface area contributed by atoms with Gasteiger partial charge in [-0.3, -0.25) is 14.9 Å². The van der Waals surface area contributed by atoms with Crippen LogP contribution in [0.25, 0.3) is 0 Å². The van der Waals surface area contributed by atoms with E-state index in [1.807, 2.05) is 0 Å². The van der Waals surface area contributed by atoms with Crippen LogP contribution in [0.3, 0.4) is 0 Å². The van der Waals surface area contributed by atoms with Gasteiger partial charge in [-0.2, -0.15) is 0 Å². The Morgan fingerprint density at radius 3 is 2.90 bits per heavy atom. The van der Waals surface area contributed by atoms with Crippen molar-refractivity contribution in [2.45, 2.75) is 4.34 Å². The minimum absolute atomic E-state index is 0.111. The number of primary amides is 1. The lowest BCUT2D eigenvalue weighted by molar-refractivity contribution is -0.115. The van der Waals surface area contributed by atoms with E-state index < -0.39 is 5.91 Å². The number of carbonyl (C=O) groups is 2.